The third-order valence-corrected chi connectivity index (χ3v) is 3.87. The Morgan fingerprint density at radius 2 is 1.93 bits per heavy atom. The van der Waals surface area contributed by atoms with E-state index in [0.717, 1.165) is 18.2 Å². The van der Waals surface area contributed by atoms with Crippen molar-refractivity contribution < 1.29 is 23.6 Å². The summed E-state index contributed by atoms with van der Waals surface area (Å²) in [6.07, 6.45) is 2.49. The molecule has 2 aromatic rings. The lowest BCUT2D eigenvalue weighted by Gasteiger charge is -2.06. The van der Waals surface area contributed by atoms with Gasteiger partial charge >= 0.3 is 5.97 Å². The Balaban J connectivity index is 1.91. The van der Waals surface area contributed by atoms with E-state index in [0.29, 0.717) is 21.7 Å². The van der Waals surface area contributed by atoms with Gasteiger partial charge in [0.25, 0.3) is 11.6 Å². The number of carbonyl (C=O) groups excluding carboxylic acids is 2. The summed E-state index contributed by atoms with van der Waals surface area (Å²) in [7, 11) is 0. The number of nitro benzene ring substituents is 1. The van der Waals surface area contributed by atoms with Crippen LogP contribution in [0.2, 0.25) is 10.0 Å². The van der Waals surface area contributed by atoms with Gasteiger partial charge in [-0.25, -0.2) is 9.18 Å². The zero-order chi connectivity index (χ0) is 20.0. The highest BCUT2D eigenvalue weighted by Crippen LogP contribution is 2.25. The molecule has 0 radical (unpaired) electrons. The van der Waals surface area contributed by atoms with Gasteiger partial charge in [0.05, 0.1) is 21.0 Å². The van der Waals surface area contributed by atoms with Gasteiger partial charge in [-0.3, -0.25) is 14.9 Å². The minimum Gasteiger partial charge on any atom is -0.452 e. The van der Waals surface area contributed by atoms with Crippen LogP contribution in [0.1, 0.15) is 5.56 Å². The number of hydrogen-bond acceptors (Lipinski definition) is 5. The second-order valence-corrected chi connectivity index (χ2v) is 5.90. The van der Waals surface area contributed by atoms with Gasteiger partial charge in [0.1, 0.15) is 11.5 Å². The molecule has 0 saturated carbocycles. The first-order valence-electron chi connectivity index (χ1n) is 7.30. The average molecular weight is 413 g/mol. The fraction of sp³-hybridized carbons (Fsp3) is 0.0588. The molecule has 2 rings (SSSR count). The summed E-state index contributed by atoms with van der Waals surface area (Å²) in [5.41, 5.74) is -0.240. The zero-order valence-electron chi connectivity index (χ0n) is 13.4. The highest BCUT2D eigenvalue weighted by Gasteiger charge is 2.17. The van der Waals surface area contributed by atoms with Crippen molar-refractivity contribution in [1.29, 1.82) is 0 Å². The molecular weight excluding hydrogens is 402 g/mol. The Bertz CT molecular complexity index is 934. The molecule has 0 aliphatic heterocycles. The lowest BCUT2D eigenvalue weighted by atomic mass is 10.2. The van der Waals surface area contributed by atoms with Crippen LogP contribution in [0, 0.1) is 15.9 Å². The minimum atomic E-state index is -0.843. The van der Waals surface area contributed by atoms with Crippen molar-refractivity contribution in [1.82, 2.24) is 0 Å². The lowest BCUT2D eigenvalue weighted by Crippen LogP contribution is -2.20. The molecule has 0 unspecified atom stereocenters. The molecule has 0 bridgehead atoms. The van der Waals surface area contributed by atoms with E-state index in [-0.39, 0.29) is 5.69 Å². The fourth-order valence-electron chi connectivity index (χ4n) is 1.91. The maximum absolute atomic E-state index is 13.1. The summed E-state index contributed by atoms with van der Waals surface area (Å²) in [4.78, 5) is 33.4. The molecular formula is C17H11Cl2FN2O5. The quantitative estimate of drug-likeness (QED) is 0.331. The van der Waals surface area contributed by atoms with Gasteiger partial charge in [0.15, 0.2) is 6.61 Å². The molecule has 0 atom stereocenters. The number of carbonyl (C=O) groups is 2. The first kappa shape index (κ1) is 20.3. The number of halogens is 3. The highest BCUT2D eigenvalue weighted by atomic mass is 35.5. The lowest BCUT2D eigenvalue weighted by molar-refractivity contribution is -0.384. The van der Waals surface area contributed by atoms with Crippen LogP contribution in [0.3, 0.4) is 0 Å². The third kappa shape index (κ3) is 6.05. The Morgan fingerprint density at radius 3 is 2.59 bits per heavy atom. The molecule has 0 aliphatic rings. The number of nitrogens with zero attached hydrogens (tertiary/aromatic N) is 1. The van der Waals surface area contributed by atoms with E-state index in [2.05, 4.69) is 5.32 Å². The Kier molecular flexibility index (Phi) is 6.86. The standard InChI is InChI=1S/C17H11Cl2FN2O5/c18-12-4-1-10(7-13(12)19)2-6-17(24)27-9-16(23)21-14-5-3-11(20)8-15(14)22(25)26/h1-8H,9H2,(H,21,23)/b6-2+. The van der Waals surface area contributed by atoms with E-state index >= 15 is 0 Å². The SMILES string of the molecule is O=C(COC(=O)/C=C/c1ccc(Cl)c(Cl)c1)Nc1ccc(F)cc1[N+](=O)[O-]. The van der Waals surface area contributed by atoms with Gasteiger partial charge in [-0.05, 0) is 35.9 Å². The molecule has 27 heavy (non-hydrogen) atoms. The van der Waals surface area contributed by atoms with Crippen molar-refractivity contribution >= 4 is 52.5 Å². The van der Waals surface area contributed by atoms with E-state index in [4.69, 9.17) is 27.9 Å². The number of anilines is 1. The summed E-state index contributed by atoms with van der Waals surface area (Å²) in [5, 5.41) is 13.7. The molecule has 1 amide bonds. The molecule has 0 fully saturated rings. The number of rotatable bonds is 6. The second kappa shape index (κ2) is 9.11. The largest absolute Gasteiger partial charge is 0.452 e. The van der Waals surface area contributed by atoms with Gasteiger partial charge < -0.3 is 10.1 Å². The maximum atomic E-state index is 13.1. The van der Waals surface area contributed by atoms with Crippen molar-refractivity contribution in [2.45, 2.75) is 0 Å². The summed E-state index contributed by atoms with van der Waals surface area (Å²) in [6.45, 7) is -0.681. The van der Waals surface area contributed by atoms with Gasteiger partial charge in [-0.2, -0.15) is 0 Å². The molecule has 0 aliphatic carbocycles. The summed E-state index contributed by atoms with van der Waals surface area (Å²) in [6, 6.07) is 7.37. The third-order valence-electron chi connectivity index (χ3n) is 3.13. The normalized spacial score (nSPS) is 10.6. The zero-order valence-corrected chi connectivity index (χ0v) is 15.0. The molecule has 0 heterocycles. The fourth-order valence-corrected chi connectivity index (χ4v) is 2.22. The van der Waals surface area contributed by atoms with Crippen LogP contribution in [0.4, 0.5) is 15.8 Å². The predicted octanol–water partition coefficient (Wildman–Crippen LogP) is 4.24. The first-order chi connectivity index (χ1) is 12.8. The van der Waals surface area contributed by atoms with Crippen LogP contribution >= 0.6 is 23.2 Å². The van der Waals surface area contributed by atoms with Gasteiger partial charge in [-0.1, -0.05) is 29.3 Å². The molecule has 140 valence electrons. The Labute approximate surface area is 162 Å². The monoisotopic (exact) mass is 412 g/mol. The Morgan fingerprint density at radius 1 is 1.19 bits per heavy atom. The number of nitro groups is 1. The minimum absolute atomic E-state index is 0.214. The summed E-state index contributed by atoms with van der Waals surface area (Å²) >= 11 is 11.6. The van der Waals surface area contributed by atoms with Crippen molar-refractivity contribution in [2.75, 3.05) is 11.9 Å². The van der Waals surface area contributed by atoms with E-state index < -0.39 is 34.9 Å². The predicted molar refractivity (Wildman–Crippen MR) is 98.1 cm³/mol. The van der Waals surface area contributed by atoms with Gasteiger partial charge in [-0.15, -0.1) is 0 Å². The number of hydrogen-bond donors (Lipinski definition) is 1. The van der Waals surface area contributed by atoms with E-state index in [9.17, 15) is 24.1 Å². The molecule has 7 nitrogen and oxygen atoms in total. The molecule has 0 saturated heterocycles. The second-order valence-electron chi connectivity index (χ2n) is 5.08. The van der Waals surface area contributed by atoms with Crippen molar-refractivity contribution in [3.8, 4) is 0 Å². The van der Waals surface area contributed by atoms with E-state index in [1.54, 1.807) is 12.1 Å². The summed E-state index contributed by atoms with van der Waals surface area (Å²) in [5.74, 6) is -2.45. The number of ether oxygens (including phenoxy) is 1. The number of esters is 1. The molecule has 2 aromatic carbocycles. The van der Waals surface area contributed by atoms with Gasteiger partial charge in [0.2, 0.25) is 0 Å². The van der Waals surface area contributed by atoms with E-state index in [1.807, 2.05) is 0 Å². The molecule has 10 heteroatoms. The number of amides is 1. The maximum Gasteiger partial charge on any atom is 0.331 e. The van der Waals surface area contributed by atoms with Crippen LogP contribution in [0.25, 0.3) is 6.08 Å². The molecule has 0 spiro atoms. The van der Waals surface area contributed by atoms with E-state index in [1.165, 1.54) is 12.1 Å². The number of nitrogens with one attached hydrogen (secondary N) is 1. The van der Waals surface area contributed by atoms with Crippen LogP contribution in [0.5, 0.6) is 0 Å². The van der Waals surface area contributed by atoms with Crippen LogP contribution in [0.15, 0.2) is 42.5 Å². The molecule has 0 aromatic heterocycles. The average Bonchev–Trinajstić information content (AvgIpc) is 2.62. The topological polar surface area (TPSA) is 98.5 Å². The number of benzene rings is 2. The highest BCUT2D eigenvalue weighted by molar-refractivity contribution is 6.42. The van der Waals surface area contributed by atoms with Crippen LogP contribution in [-0.4, -0.2) is 23.4 Å². The van der Waals surface area contributed by atoms with Crippen molar-refractivity contribution in [3.63, 3.8) is 0 Å². The van der Waals surface area contributed by atoms with Crippen molar-refractivity contribution in [3.05, 3.63) is 74.0 Å². The first-order valence-corrected chi connectivity index (χ1v) is 8.05. The van der Waals surface area contributed by atoms with Gasteiger partial charge in [0, 0.05) is 6.08 Å². The Hall–Kier alpha value is -2.97. The smallest absolute Gasteiger partial charge is 0.331 e. The van der Waals surface area contributed by atoms with Crippen LogP contribution in [-0.2, 0) is 14.3 Å². The summed E-state index contributed by atoms with van der Waals surface area (Å²) < 4.78 is 17.8. The van der Waals surface area contributed by atoms with Crippen molar-refractivity contribution in [2.24, 2.45) is 0 Å². The molecule has 1 N–H and O–H groups in total. The van der Waals surface area contributed by atoms with Crippen LogP contribution < -0.4 is 5.32 Å².